The summed E-state index contributed by atoms with van der Waals surface area (Å²) >= 11 is 6.13. The maximum absolute atomic E-state index is 13.7. The first-order valence-corrected chi connectivity index (χ1v) is 13.1. The van der Waals surface area contributed by atoms with Crippen LogP contribution in [0.5, 0.6) is 0 Å². The molecule has 0 bridgehead atoms. The zero-order chi connectivity index (χ0) is 24.4. The number of carbonyl (C=O) groups is 1. The van der Waals surface area contributed by atoms with Crippen molar-refractivity contribution in [3.05, 3.63) is 52.4 Å². The third kappa shape index (κ3) is 5.31. The van der Waals surface area contributed by atoms with E-state index in [4.69, 9.17) is 11.6 Å². The molecule has 0 saturated carbocycles. The molecule has 9 heteroatoms. The highest BCUT2D eigenvalue weighted by molar-refractivity contribution is 6.30. The van der Waals surface area contributed by atoms with Gasteiger partial charge in [-0.2, -0.15) is 0 Å². The van der Waals surface area contributed by atoms with Gasteiger partial charge in [0, 0.05) is 49.4 Å². The van der Waals surface area contributed by atoms with Crippen LogP contribution in [0.2, 0.25) is 5.02 Å². The van der Waals surface area contributed by atoms with Gasteiger partial charge in [0.15, 0.2) is 0 Å². The van der Waals surface area contributed by atoms with Crippen LogP contribution in [-0.4, -0.2) is 77.7 Å². The Bertz CT molecular complexity index is 1020. The molecule has 3 atom stereocenters. The van der Waals surface area contributed by atoms with Crippen LogP contribution in [0.25, 0.3) is 0 Å². The lowest BCUT2D eigenvalue weighted by Gasteiger charge is -2.38. The Morgan fingerprint density at radius 2 is 1.89 bits per heavy atom. The minimum atomic E-state index is -0.516. The van der Waals surface area contributed by atoms with E-state index in [0.29, 0.717) is 50.2 Å². The Balaban J connectivity index is 1.27. The van der Waals surface area contributed by atoms with Crippen molar-refractivity contribution in [3.8, 4) is 0 Å². The van der Waals surface area contributed by atoms with Crippen molar-refractivity contribution in [2.45, 2.75) is 50.2 Å². The van der Waals surface area contributed by atoms with Gasteiger partial charge in [0.2, 0.25) is 5.91 Å². The lowest BCUT2D eigenvalue weighted by atomic mass is 9.95. The summed E-state index contributed by atoms with van der Waals surface area (Å²) < 4.78 is 0. The summed E-state index contributed by atoms with van der Waals surface area (Å²) in [5, 5.41) is 18.1. The van der Waals surface area contributed by atoms with Gasteiger partial charge in [-0.15, -0.1) is 0 Å². The monoisotopic (exact) mass is 498 g/mol. The lowest BCUT2D eigenvalue weighted by molar-refractivity contribution is -0.133. The van der Waals surface area contributed by atoms with Gasteiger partial charge in [-0.05, 0) is 56.0 Å². The summed E-state index contributed by atoms with van der Waals surface area (Å²) in [4.78, 5) is 26.9. The van der Waals surface area contributed by atoms with Crippen molar-refractivity contribution in [3.63, 3.8) is 0 Å². The second kappa shape index (κ2) is 10.8. The maximum Gasteiger partial charge on any atom is 0.231 e. The minimum Gasteiger partial charge on any atom is -0.387 e. The smallest absolute Gasteiger partial charge is 0.231 e. The molecular formula is C26H35ClN6O2. The van der Waals surface area contributed by atoms with Crippen molar-refractivity contribution in [1.29, 1.82) is 0 Å². The number of aliphatic hydroxyl groups is 1. The largest absolute Gasteiger partial charge is 0.387 e. The van der Waals surface area contributed by atoms with Crippen molar-refractivity contribution in [1.82, 2.24) is 25.5 Å². The minimum absolute atomic E-state index is 0.158. The lowest BCUT2D eigenvalue weighted by Crippen LogP contribution is -2.52. The standard InChI is InChI=1S/C26H35ClN6O2/c1-17-14-22(34)24-23(17)25(31-16-30-24)32-10-12-33(13-11-32)26(35)21(18-2-4-19(27)5-3-18)15-29-20-6-8-28-9-7-20/h2-5,16-17,20-22,28-29,34H,6-15H2,1H3/t17-,21-,22-/m1/s1. The van der Waals surface area contributed by atoms with Crippen LogP contribution >= 0.6 is 11.6 Å². The fraction of sp³-hybridized carbons (Fsp3) is 0.577. The van der Waals surface area contributed by atoms with Gasteiger partial charge in [0.05, 0.1) is 17.7 Å². The van der Waals surface area contributed by atoms with E-state index in [1.54, 1.807) is 6.33 Å². The van der Waals surface area contributed by atoms with Gasteiger partial charge in [-0.25, -0.2) is 9.97 Å². The third-order valence-corrected chi connectivity index (χ3v) is 7.94. The number of aromatic nitrogens is 2. The zero-order valence-electron chi connectivity index (χ0n) is 20.3. The molecule has 3 heterocycles. The molecule has 2 saturated heterocycles. The van der Waals surface area contributed by atoms with Crippen LogP contribution in [0.1, 0.15) is 60.9 Å². The molecular weight excluding hydrogens is 464 g/mol. The van der Waals surface area contributed by atoms with Gasteiger partial charge >= 0.3 is 0 Å². The number of aliphatic hydroxyl groups excluding tert-OH is 1. The number of amides is 1. The van der Waals surface area contributed by atoms with Crippen LogP contribution in [0.15, 0.2) is 30.6 Å². The molecule has 35 heavy (non-hydrogen) atoms. The fourth-order valence-electron chi connectivity index (χ4n) is 5.67. The molecule has 2 aromatic rings. The van der Waals surface area contributed by atoms with Crippen LogP contribution < -0.4 is 15.5 Å². The number of nitrogens with one attached hydrogen (secondary N) is 2. The summed E-state index contributed by atoms with van der Waals surface area (Å²) in [6.07, 6.45) is 3.88. The molecule has 0 spiro atoms. The van der Waals surface area contributed by atoms with E-state index >= 15 is 0 Å². The Hall–Kier alpha value is -2.26. The van der Waals surface area contributed by atoms with E-state index in [-0.39, 0.29) is 17.7 Å². The van der Waals surface area contributed by atoms with Gasteiger partial charge in [-0.3, -0.25) is 4.79 Å². The maximum atomic E-state index is 13.7. The van der Waals surface area contributed by atoms with E-state index in [9.17, 15) is 9.90 Å². The number of hydrogen-bond donors (Lipinski definition) is 3. The van der Waals surface area contributed by atoms with E-state index < -0.39 is 6.10 Å². The Morgan fingerprint density at radius 1 is 1.17 bits per heavy atom. The molecule has 3 N–H and O–H groups in total. The third-order valence-electron chi connectivity index (χ3n) is 7.69. The normalized spacial score (nSPS) is 23.9. The number of piperazine rings is 1. The number of halogens is 1. The summed E-state index contributed by atoms with van der Waals surface area (Å²) in [5.41, 5.74) is 2.82. The number of fused-ring (bicyclic) bond motifs is 1. The summed E-state index contributed by atoms with van der Waals surface area (Å²) in [6, 6.07) is 8.12. The van der Waals surface area contributed by atoms with Crippen LogP contribution in [0.4, 0.5) is 5.82 Å². The average Bonchev–Trinajstić information content (AvgIpc) is 3.19. The highest BCUT2D eigenvalue weighted by atomic mass is 35.5. The summed E-state index contributed by atoms with van der Waals surface area (Å²) in [5.74, 6) is 1.05. The number of benzene rings is 1. The topological polar surface area (TPSA) is 93.6 Å². The number of nitrogens with zero attached hydrogens (tertiary/aromatic N) is 4. The predicted octanol–water partition coefficient (Wildman–Crippen LogP) is 2.44. The Kier molecular flexibility index (Phi) is 7.53. The fourth-order valence-corrected chi connectivity index (χ4v) is 5.79. The summed E-state index contributed by atoms with van der Waals surface area (Å²) in [6.45, 7) is 7.50. The SMILES string of the molecule is C[C@@H]1C[C@@H](O)c2ncnc(N3CCN(C(=O)[C@H](CNC4CCNCC4)c4ccc(Cl)cc4)CC3)c21. The van der Waals surface area contributed by atoms with Crippen LogP contribution in [0, 0.1) is 0 Å². The van der Waals surface area contributed by atoms with Crippen LogP contribution in [0.3, 0.4) is 0 Å². The molecule has 2 fully saturated rings. The number of piperidine rings is 1. The predicted molar refractivity (Wildman–Crippen MR) is 137 cm³/mol. The van der Waals surface area contributed by atoms with E-state index in [0.717, 1.165) is 48.6 Å². The second-order valence-corrected chi connectivity index (χ2v) is 10.4. The summed E-state index contributed by atoms with van der Waals surface area (Å²) in [7, 11) is 0. The molecule has 188 valence electrons. The first-order valence-electron chi connectivity index (χ1n) is 12.8. The molecule has 0 radical (unpaired) electrons. The number of anilines is 1. The molecule has 5 rings (SSSR count). The van der Waals surface area contributed by atoms with Crippen molar-refractivity contribution in [2.75, 3.05) is 50.7 Å². The molecule has 0 unspecified atom stereocenters. The van der Waals surface area contributed by atoms with Crippen molar-refractivity contribution < 1.29 is 9.90 Å². The van der Waals surface area contributed by atoms with E-state index in [1.165, 1.54) is 0 Å². The van der Waals surface area contributed by atoms with E-state index in [2.05, 4.69) is 32.4 Å². The first-order chi connectivity index (χ1) is 17.0. The van der Waals surface area contributed by atoms with Crippen molar-refractivity contribution >= 4 is 23.3 Å². The molecule has 3 aliphatic rings. The molecule has 8 nitrogen and oxygen atoms in total. The first kappa shape index (κ1) is 24.4. The Labute approximate surface area is 212 Å². The van der Waals surface area contributed by atoms with Crippen LogP contribution in [-0.2, 0) is 4.79 Å². The zero-order valence-corrected chi connectivity index (χ0v) is 21.0. The second-order valence-electron chi connectivity index (χ2n) is 10.00. The van der Waals surface area contributed by atoms with Gasteiger partial charge in [0.25, 0.3) is 0 Å². The quantitative estimate of drug-likeness (QED) is 0.563. The van der Waals surface area contributed by atoms with E-state index in [1.807, 2.05) is 29.2 Å². The number of hydrogen-bond acceptors (Lipinski definition) is 7. The molecule has 1 aromatic heterocycles. The average molecular weight is 499 g/mol. The number of carbonyl (C=O) groups excluding carboxylic acids is 1. The van der Waals surface area contributed by atoms with Gasteiger partial charge in [-0.1, -0.05) is 30.7 Å². The van der Waals surface area contributed by atoms with Crippen molar-refractivity contribution in [2.24, 2.45) is 0 Å². The molecule has 1 aromatic carbocycles. The van der Waals surface area contributed by atoms with Gasteiger partial charge < -0.3 is 25.5 Å². The molecule has 2 aliphatic heterocycles. The van der Waals surface area contributed by atoms with Gasteiger partial charge in [0.1, 0.15) is 12.1 Å². The number of rotatable bonds is 6. The molecule has 1 aliphatic carbocycles. The highest BCUT2D eigenvalue weighted by Gasteiger charge is 2.35. The molecule has 1 amide bonds. The highest BCUT2D eigenvalue weighted by Crippen LogP contribution is 2.42. The Morgan fingerprint density at radius 3 is 2.60 bits per heavy atom.